The maximum atomic E-state index is 12.3. The van der Waals surface area contributed by atoms with Gasteiger partial charge in [0.15, 0.2) is 0 Å². The summed E-state index contributed by atoms with van der Waals surface area (Å²) in [6, 6.07) is 0. The Morgan fingerprint density at radius 2 is 1.68 bits per heavy atom. The van der Waals surface area contributed by atoms with Crippen molar-refractivity contribution in [3.63, 3.8) is 0 Å². The van der Waals surface area contributed by atoms with Gasteiger partial charge in [-0.25, -0.2) is 0 Å². The first-order chi connectivity index (χ1) is 9.12. The lowest BCUT2D eigenvalue weighted by molar-refractivity contribution is -0.299. The molecule has 4 nitrogen and oxygen atoms in total. The number of rotatable bonds is 3. The molecule has 0 saturated heterocycles. The first-order valence-electron chi connectivity index (χ1n) is 7.14. The molecular formula is C15H21O4-. The van der Waals surface area contributed by atoms with E-state index in [4.69, 9.17) is 4.74 Å². The Bertz CT molecular complexity index is 402. The van der Waals surface area contributed by atoms with Gasteiger partial charge in [-0.2, -0.15) is 0 Å². The van der Waals surface area contributed by atoms with Crippen molar-refractivity contribution in [1.29, 1.82) is 0 Å². The highest BCUT2D eigenvalue weighted by atomic mass is 16.5. The minimum absolute atomic E-state index is 0.261. The lowest BCUT2D eigenvalue weighted by Gasteiger charge is -2.40. The van der Waals surface area contributed by atoms with Crippen molar-refractivity contribution in [3.8, 4) is 0 Å². The Kier molecular flexibility index (Phi) is 4.27. The summed E-state index contributed by atoms with van der Waals surface area (Å²) in [7, 11) is 1.39. The van der Waals surface area contributed by atoms with Gasteiger partial charge in [0.1, 0.15) is 0 Å². The number of carboxylic acid groups (broad SMARTS) is 1. The first-order valence-corrected chi connectivity index (χ1v) is 7.14. The van der Waals surface area contributed by atoms with E-state index in [0.29, 0.717) is 31.3 Å². The van der Waals surface area contributed by atoms with Crippen molar-refractivity contribution < 1.29 is 19.4 Å². The maximum Gasteiger partial charge on any atom is 0.315 e. The zero-order valence-corrected chi connectivity index (χ0v) is 11.5. The zero-order chi connectivity index (χ0) is 13.9. The molecule has 2 aliphatic rings. The number of aliphatic carboxylic acids is 1. The molecule has 0 unspecified atom stereocenters. The second-order valence-electron chi connectivity index (χ2n) is 5.59. The van der Waals surface area contributed by atoms with Crippen LogP contribution >= 0.6 is 0 Å². The zero-order valence-electron chi connectivity index (χ0n) is 11.5. The third-order valence-corrected chi connectivity index (χ3v) is 4.58. The van der Waals surface area contributed by atoms with Gasteiger partial charge in [0, 0.05) is 0 Å². The molecule has 0 radical (unpaired) electrons. The highest BCUT2D eigenvalue weighted by Gasteiger charge is 2.45. The topological polar surface area (TPSA) is 66.4 Å². The summed E-state index contributed by atoms with van der Waals surface area (Å²) < 4.78 is 4.99. The minimum Gasteiger partial charge on any atom is -0.545 e. The Hall–Kier alpha value is -1.32. The molecule has 106 valence electrons. The first kappa shape index (κ1) is 14.1. The standard InChI is InChI=1S/C15H22O4/c1-19-14(18)15(9-5-2-6-10-15)12-8-4-3-7-11(12)13(16)17/h2-10H2,1H3,(H,16,17)/p-1. The van der Waals surface area contributed by atoms with Crippen LogP contribution in [0.25, 0.3) is 0 Å². The van der Waals surface area contributed by atoms with Crippen molar-refractivity contribution in [3.05, 3.63) is 11.1 Å². The lowest BCUT2D eigenvalue weighted by Crippen LogP contribution is -2.40. The summed E-state index contributed by atoms with van der Waals surface area (Å²) in [6.07, 6.45) is 7.48. The van der Waals surface area contributed by atoms with Gasteiger partial charge < -0.3 is 14.6 Å². The molecule has 2 rings (SSSR count). The number of carbonyl (C=O) groups excluding carboxylic acids is 2. The summed E-state index contributed by atoms with van der Waals surface area (Å²) in [4.78, 5) is 23.6. The number of esters is 1. The van der Waals surface area contributed by atoms with Crippen LogP contribution in [0.5, 0.6) is 0 Å². The Morgan fingerprint density at radius 3 is 2.26 bits per heavy atom. The highest BCUT2D eigenvalue weighted by molar-refractivity contribution is 5.90. The number of methoxy groups -OCH3 is 1. The molecule has 0 atom stereocenters. The summed E-state index contributed by atoms with van der Waals surface area (Å²) >= 11 is 0. The molecule has 0 N–H and O–H groups in total. The van der Waals surface area contributed by atoms with Crippen LogP contribution in [0.3, 0.4) is 0 Å². The molecule has 19 heavy (non-hydrogen) atoms. The molecule has 2 aliphatic carbocycles. The minimum atomic E-state index is -1.11. The van der Waals surface area contributed by atoms with Crippen molar-refractivity contribution >= 4 is 11.9 Å². The summed E-state index contributed by atoms with van der Waals surface area (Å²) in [5.74, 6) is -1.37. The predicted octanol–water partition coefficient (Wildman–Crippen LogP) is 1.73. The van der Waals surface area contributed by atoms with Crippen molar-refractivity contribution in [2.24, 2.45) is 5.41 Å². The van der Waals surface area contributed by atoms with E-state index in [1.807, 2.05) is 0 Å². The average Bonchev–Trinajstić information content (AvgIpc) is 2.47. The molecule has 0 amide bonds. The molecule has 1 saturated carbocycles. The molecular weight excluding hydrogens is 244 g/mol. The van der Waals surface area contributed by atoms with Crippen molar-refractivity contribution in [1.82, 2.24) is 0 Å². The Balaban J connectivity index is 2.46. The highest BCUT2D eigenvalue weighted by Crippen LogP contribution is 2.48. The smallest absolute Gasteiger partial charge is 0.315 e. The van der Waals surface area contributed by atoms with Crippen LogP contribution in [0.15, 0.2) is 11.1 Å². The number of ether oxygens (including phenoxy) is 1. The van der Waals surface area contributed by atoms with Crippen LogP contribution in [0.1, 0.15) is 57.8 Å². The SMILES string of the molecule is COC(=O)C1(C2=C(C(=O)[O-])CCCC2)CCCCC1. The predicted molar refractivity (Wildman–Crippen MR) is 68.0 cm³/mol. The summed E-state index contributed by atoms with van der Waals surface area (Å²) in [6.45, 7) is 0. The van der Waals surface area contributed by atoms with Gasteiger partial charge in [0.25, 0.3) is 0 Å². The molecule has 1 fully saturated rings. The van der Waals surface area contributed by atoms with Crippen molar-refractivity contribution in [2.75, 3.05) is 7.11 Å². The van der Waals surface area contributed by atoms with E-state index in [9.17, 15) is 14.7 Å². The van der Waals surface area contributed by atoms with Gasteiger partial charge in [-0.3, -0.25) is 4.79 Å². The second-order valence-corrected chi connectivity index (χ2v) is 5.59. The fourth-order valence-electron chi connectivity index (χ4n) is 3.64. The largest absolute Gasteiger partial charge is 0.545 e. The summed E-state index contributed by atoms with van der Waals surface area (Å²) in [5, 5.41) is 11.3. The molecule has 0 aromatic carbocycles. The maximum absolute atomic E-state index is 12.3. The van der Waals surface area contributed by atoms with Crippen LogP contribution in [-0.4, -0.2) is 19.0 Å². The van der Waals surface area contributed by atoms with Crippen LogP contribution in [-0.2, 0) is 14.3 Å². The third kappa shape index (κ3) is 2.53. The monoisotopic (exact) mass is 265 g/mol. The second kappa shape index (κ2) is 5.76. The van der Waals surface area contributed by atoms with Gasteiger partial charge in [-0.05, 0) is 49.7 Å². The van der Waals surface area contributed by atoms with Gasteiger partial charge in [-0.1, -0.05) is 19.3 Å². The Labute approximate surface area is 113 Å². The van der Waals surface area contributed by atoms with Gasteiger partial charge >= 0.3 is 5.97 Å². The fourth-order valence-corrected chi connectivity index (χ4v) is 3.64. The van der Waals surface area contributed by atoms with Crippen LogP contribution in [0.2, 0.25) is 0 Å². The van der Waals surface area contributed by atoms with Crippen LogP contribution in [0, 0.1) is 5.41 Å². The lowest BCUT2D eigenvalue weighted by atomic mass is 9.65. The molecule has 0 aliphatic heterocycles. The molecule has 4 heteroatoms. The molecule has 0 aromatic heterocycles. The quantitative estimate of drug-likeness (QED) is 0.729. The molecule has 0 aromatic rings. The van der Waals surface area contributed by atoms with Gasteiger partial charge in [0.2, 0.25) is 0 Å². The van der Waals surface area contributed by atoms with E-state index in [0.717, 1.165) is 37.7 Å². The molecule has 0 heterocycles. The normalized spacial score (nSPS) is 23.0. The summed E-state index contributed by atoms with van der Waals surface area (Å²) in [5.41, 5.74) is 0.465. The van der Waals surface area contributed by atoms with Crippen LogP contribution < -0.4 is 5.11 Å². The van der Waals surface area contributed by atoms with E-state index >= 15 is 0 Å². The van der Waals surface area contributed by atoms with Gasteiger partial charge in [-0.15, -0.1) is 0 Å². The molecule has 0 spiro atoms. The van der Waals surface area contributed by atoms with E-state index in [1.54, 1.807) is 0 Å². The number of hydrogen-bond acceptors (Lipinski definition) is 4. The molecule has 0 bridgehead atoms. The fraction of sp³-hybridized carbons (Fsp3) is 0.733. The number of hydrogen-bond donors (Lipinski definition) is 0. The van der Waals surface area contributed by atoms with Crippen LogP contribution in [0.4, 0.5) is 0 Å². The van der Waals surface area contributed by atoms with E-state index in [-0.39, 0.29) is 5.97 Å². The third-order valence-electron chi connectivity index (χ3n) is 4.58. The van der Waals surface area contributed by atoms with Crippen molar-refractivity contribution in [2.45, 2.75) is 57.8 Å². The van der Waals surface area contributed by atoms with E-state index in [1.165, 1.54) is 7.11 Å². The van der Waals surface area contributed by atoms with Gasteiger partial charge in [0.05, 0.1) is 18.5 Å². The Morgan fingerprint density at radius 1 is 1.05 bits per heavy atom. The van der Waals surface area contributed by atoms with E-state index in [2.05, 4.69) is 0 Å². The average molecular weight is 265 g/mol. The number of carbonyl (C=O) groups is 2. The number of carboxylic acids is 1. The van der Waals surface area contributed by atoms with E-state index < -0.39 is 11.4 Å².